The van der Waals surface area contributed by atoms with Crippen molar-refractivity contribution < 1.29 is 9.53 Å². The number of ether oxygens (including phenoxy) is 1. The molecule has 0 spiro atoms. The van der Waals surface area contributed by atoms with E-state index in [1.807, 2.05) is 0 Å². The summed E-state index contributed by atoms with van der Waals surface area (Å²) in [4.78, 5) is 14.5. The molecule has 2 fully saturated rings. The van der Waals surface area contributed by atoms with E-state index in [9.17, 15) is 4.79 Å². The number of nitrogens with zero attached hydrogens (tertiary/aromatic N) is 1. The van der Waals surface area contributed by atoms with Crippen molar-refractivity contribution in [2.24, 2.45) is 5.92 Å². The third kappa shape index (κ3) is 3.01. The molecule has 0 saturated heterocycles. The maximum atomic E-state index is 11.9. The number of esters is 1. The first-order valence-electron chi connectivity index (χ1n) is 7.11. The Morgan fingerprint density at radius 1 is 1.18 bits per heavy atom. The highest BCUT2D eigenvalue weighted by Crippen LogP contribution is 2.35. The van der Waals surface area contributed by atoms with E-state index in [0.29, 0.717) is 6.04 Å². The van der Waals surface area contributed by atoms with Crippen LogP contribution < -0.4 is 0 Å². The van der Waals surface area contributed by atoms with Gasteiger partial charge in [0.05, 0.1) is 13.0 Å². The molecule has 2 atom stereocenters. The fourth-order valence-corrected chi connectivity index (χ4v) is 3.28. The van der Waals surface area contributed by atoms with Crippen molar-refractivity contribution in [3.8, 4) is 0 Å². The van der Waals surface area contributed by atoms with Gasteiger partial charge in [-0.1, -0.05) is 26.2 Å². The average Bonchev–Trinajstić information content (AvgIpc) is 3.16. The summed E-state index contributed by atoms with van der Waals surface area (Å²) < 4.78 is 5.00. The second kappa shape index (κ2) is 5.85. The molecule has 2 rings (SSSR count). The van der Waals surface area contributed by atoms with Crippen LogP contribution in [0.1, 0.15) is 51.9 Å². The first-order valence-corrected chi connectivity index (χ1v) is 7.11. The molecular weight excluding hydrogens is 214 g/mol. The third-order valence-electron chi connectivity index (χ3n) is 4.29. The Bertz CT molecular complexity index is 263. The lowest BCUT2D eigenvalue weighted by Crippen LogP contribution is -2.44. The average molecular weight is 239 g/mol. The largest absolute Gasteiger partial charge is 0.469 e. The van der Waals surface area contributed by atoms with E-state index >= 15 is 0 Å². The number of rotatable bonds is 4. The van der Waals surface area contributed by atoms with Crippen molar-refractivity contribution in [2.45, 2.75) is 64.0 Å². The van der Waals surface area contributed by atoms with Gasteiger partial charge in [-0.15, -0.1) is 0 Å². The molecule has 2 unspecified atom stereocenters. The van der Waals surface area contributed by atoms with Crippen LogP contribution in [0.4, 0.5) is 0 Å². The molecule has 3 heteroatoms. The van der Waals surface area contributed by atoms with Gasteiger partial charge in [-0.05, 0) is 32.2 Å². The first-order chi connectivity index (χ1) is 8.27. The van der Waals surface area contributed by atoms with Crippen LogP contribution in [0.3, 0.4) is 0 Å². The molecule has 0 aliphatic heterocycles. The molecule has 0 aromatic rings. The highest BCUT2D eigenvalue weighted by Gasteiger charge is 2.39. The zero-order valence-electron chi connectivity index (χ0n) is 11.2. The zero-order chi connectivity index (χ0) is 12.3. The molecule has 3 nitrogen and oxygen atoms in total. The smallest absolute Gasteiger partial charge is 0.310 e. The molecule has 0 aromatic heterocycles. The van der Waals surface area contributed by atoms with Crippen molar-refractivity contribution >= 4 is 5.97 Å². The molecule has 0 heterocycles. The third-order valence-corrected chi connectivity index (χ3v) is 4.29. The molecule has 0 amide bonds. The van der Waals surface area contributed by atoms with Crippen molar-refractivity contribution in [1.82, 2.24) is 4.90 Å². The topological polar surface area (TPSA) is 29.5 Å². The van der Waals surface area contributed by atoms with Crippen LogP contribution in [0, 0.1) is 5.92 Å². The van der Waals surface area contributed by atoms with Gasteiger partial charge in [0.2, 0.25) is 0 Å². The quantitative estimate of drug-likeness (QED) is 0.558. The number of hydrogen-bond acceptors (Lipinski definition) is 3. The Labute approximate surface area is 105 Å². The molecule has 2 saturated carbocycles. The molecular formula is C14H25NO2. The van der Waals surface area contributed by atoms with Crippen LogP contribution in [0.2, 0.25) is 0 Å². The highest BCUT2D eigenvalue weighted by molar-refractivity contribution is 5.73. The summed E-state index contributed by atoms with van der Waals surface area (Å²) in [7, 11) is 1.53. The lowest BCUT2D eigenvalue weighted by molar-refractivity contribution is -0.148. The normalized spacial score (nSPS) is 30.1. The summed E-state index contributed by atoms with van der Waals surface area (Å²) in [5, 5.41) is 0. The number of methoxy groups -OCH3 is 1. The molecule has 17 heavy (non-hydrogen) atoms. The van der Waals surface area contributed by atoms with Crippen LogP contribution in [0.15, 0.2) is 0 Å². The number of carbonyl (C=O) groups excluding carboxylic acids is 1. The molecule has 98 valence electrons. The van der Waals surface area contributed by atoms with E-state index in [4.69, 9.17) is 4.74 Å². The Kier molecular flexibility index (Phi) is 4.43. The fraction of sp³-hybridized carbons (Fsp3) is 0.929. The first kappa shape index (κ1) is 12.9. The van der Waals surface area contributed by atoms with Crippen molar-refractivity contribution in [3.05, 3.63) is 0 Å². The second-order valence-electron chi connectivity index (χ2n) is 5.40. The molecule has 0 N–H and O–H groups in total. The lowest BCUT2D eigenvalue weighted by Gasteiger charge is -2.34. The Morgan fingerprint density at radius 3 is 2.47 bits per heavy atom. The SMILES string of the molecule is CCN(C1CC1)C1CCCCCC1C(=O)OC. The van der Waals surface area contributed by atoms with Crippen molar-refractivity contribution in [3.63, 3.8) is 0 Å². The monoisotopic (exact) mass is 239 g/mol. The Balaban J connectivity index is 2.09. The van der Waals surface area contributed by atoms with Crippen LogP contribution in [-0.4, -0.2) is 36.6 Å². The van der Waals surface area contributed by atoms with Gasteiger partial charge < -0.3 is 4.74 Å². The molecule has 0 aromatic carbocycles. The summed E-state index contributed by atoms with van der Waals surface area (Å²) in [5.41, 5.74) is 0. The number of hydrogen-bond donors (Lipinski definition) is 0. The minimum Gasteiger partial charge on any atom is -0.469 e. The standard InChI is InChI=1S/C14H25NO2/c1-3-15(11-9-10-11)13-8-6-4-5-7-12(13)14(16)17-2/h11-13H,3-10H2,1-2H3. The van der Waals surface area contributed by atoms with Gasteiger partial charge in [0, 0.05) is 12.1 Å². The number of carbonyl (C=O) groups is 1. The summed E-state index contributed by atoms with van der Waals surface area (Å²) in [6.45, 7) is 3.29. The summed E-state index contributed by atoms with van der Waals surface area (Å²) in [6, 6.07) is 1.18. The Hall–Kier alpha value is -0.570. The van der Waals surface area contributed by atoms with E-state index in [0.717, 1.165) is 19.0 Å². The Morgan fingerprint density at radius 2 is 1.88 bits per heavy atom. The van der Waals surface area contributed by atoms with Gasteiger partial charge in [0.1, 0.15) is 0 Å². The van der Waals surface area contributed by atoms with E-state index in [1.54, 1.807) is 0 Å². The summed E-state index contributed by atoms with van der Waals surface area (Å²) >= 11 is 0. The van der Waals surface area contributed by atoms with Gasteiger partial charge in [0.25, 0.3) is 0 Å². The fourth-order valence-electron chi connectivity index (χ4n) is 3.28. The predicted octanol–water partition coefficient (Wildman–Crippen LogP) is 2.59. The predicted molar refractivity (Wildman–Crippen MR) is 67.8 cm³/mol. The van der Waals surface area contributed by atoms with Gasteiger partial charge in [0.15, 0.2) is 0 Å². The summed E-state index contributed by atoms with van der Waals surface area (Å²) in [6.07, 6.45) is 8.53. The van der Waals surface area contributed by atoms with Crippen molar-refractivity contribution in [1.29, 1.82) is 0 Å². The minimum atomic E-state index is 0.0102. The summed E-state index contributed by atoms with van der Waals surface area (Å²) in [5.74, 6) is 0.124. The van der Waals surface area contributed by atoms with Crippen LogP contribution in [-0.2, 0) is 9.53 Å². The second-order valence-corrected chi connectivity index (χ2v) is 5.40. The van der Waals surface area contributed by atoms with Gasteiger partial charge >= 0.3 is 5.97 Å². The van der Waals surface area contributed by atoms with E-state index in [1.165, 1.54) is 45.6 Å². The van der Waals surface area contributed by atoms with Crippen LogP contribution >= 0.6 is 0 Å². The highest BCUT2D eigenvalue weighted by atomic mass is 16.5. The molecule has 2 aliphatic rings. The van der Waals surface area contributed by atoms with Crippen molar-refractivity contribution in [2.75, 3.05) is 13.7 Å². The van der Waals surface area contributed by atoms with Crippen LogP contribution in [0.25, 0.3) is 0 Å². The van der Waals surface area contributed by atoms with E-state index in [-0.39, 0.29) is 11.9 Å². The molecule has 0 bridgehead atoms. The molecule has 0 radical (unpaired) electrons. The van der Waals surface area contributed by atoms with E-state index < -0.39 is 0 Å². The van der Waals surface area contributed by atoms with Gasteiger partial charge in [-0.25, -0.2) is 0 Å². The maximum absolute atomic E-state index is 11.9. The molecule has 2 aliphatic carbocycles. The zero-order valence-corrected chi connectivity index (χ0v) is 11.2. The minimum absolute atomic E-state index is 0.0102. The maximum Gasteiger partial charge on any atom is 0.310 e. The van der Waals surface area contributed by atoms with Gasteiger partial charge in [-0.3, -0.25) is 9.69 Å². The van der Waals surface area contributed by atoms with Crippen LogP contribution in [0.5, 0.6) is 0 Å². The lowest BCUT2D eigenvalue weighted by atomic mass is 9.93. The van der Waals surface area contributed by atoms with Gasteiger partial charge in [-0.2, -0.15) is 0 Å². The van der Waals surface area contributed by atoms with E-state index in [2.05, 4.69) is 11.8 Å².